The molecule has 6 heteroatoms. The molecule has 0 aromatic carbocycles. The number of carbonyl (C=O) groups excluding carboxylic acids is 1. The van der Waals surface area contributed by atoms with Gasteiger partial charge in [0.1, 0.15) is 5.82 Å². The first-order valence-electron chi connectivity index (χ1n) is 6.43. The van der Waals surface area contributed by atoms with Gasteiger partial charge in [-0.3, -0.25) is 0 Å². The summed E-state index contributed by atoms with van der Waals surface area (Å²) in [4.78, 5) is 24.1. The zero-order valence-electron chi connectivity index (χ0n) is 11.7. The molecule has 0 amide bonds. The van der Waals surface area contributed by atoms with Gasteiger partial charge in [0.15, 0.2) is 5.69 Å². The van der Waals surface area contributed by atoms with E-state index in [-0.39, 0.29) is 5.69 Å². The molecular weight excluding hydrogens is 244 g/mol. The highest BCUT2D eigenvalue weighted by molar-refractivity contribution is 5.86. The second-order valence-electron chi connectivity index (χ2n) is 4.90. The van der Waals surface area contributed by atoms with Crippen molar-refractivity contribution in [2.45, 2.75) is 18.9 Å². The van der Waals surface area contributed by atoms with Gasteiger partial charge >= 0.3 is 5.97 Å². The molecule has 1 aromatic heterocycles. The number of aromatic nitrogens is 2. The number of hydrogen-bond donors (Lipinski definition) is 0. The van der Waals surface area contributed by atoms with Crippen LogP contribution in [-0.2, 0) is 4.74 Å². The van der Waals surface area contributed by atoms with Crippen LogP contribution >= 0.6 is 0 Å². The third kappa shape index (κ3) is 3.20. The number of hydrogen-bond acceptors (Lipinski definition) is 6. The number of piperidine rings is 1. The Bertz CT molecular complexity index is 427. The molecule has 19 heavy (non-hydrogen) atoms. The standard InChI is InChI=1S/C13H20N4O2/c1-16-6-4-10(5-7-16)17(2)12-9-14-11(8-15-12)13(18)19-3/h8-10H,4-7H2,1-3H3. The van der Waals surface area contributed by atoms with Crippen LogP contribution in [0.2, 0.25) is 0 Å². The van der Waals surface area contributed by atoms with Crippen molar-refractivity contribution < 1.29 is 9.53 Å². The maximum Gasteiger partial charge on any atom is 0.358 e. The maximum absolute atomic E-state index is 11.3. The second-order valence-corrected chi connectivity index (χ2v) is 4.90. The number of methoxy groups -OCH3 is 1. The van der Waals surface area contributed by atoms with Gasteiger partial charge in [-0.1, -0.05) is 0 Å². The highest BCUT2D eigenvalue weighted by atomic mass is 16.5. The topological polar surface area (TPSA) is 58.6 Å². The average molecular weight is 264 g/mol. The van der Waals surface area contributed by atoms with Gasteiger partial charge in [-0.05, 0) is 33.0 Å². The SMILES string of the molecule is COC(=O)c1cnc(N(C)C2CCN(C)CC2)cn1. The van der Waals surface area contributed by atoms with Gasteiger partial charge in [0.05, 0.1) is 19.5 Å². The minimum Gasteiger partial charge on any atom is -0.464 e. The molecule has 0 atom stereocenters. The predicted molar refractivity (Wildman–Crippen MR) is 72.3 cm³/mol. The van der Waals surface area contributed by atoms with Crippen molar-refractivity contribution in [3.63, 3.8) is 0 Å². The van der Waals surface area contributed by atoms with Gasteiger partial charge in [0.25, 0.3) is 0 Å². The van der Waals surface area contributed by atoms with Crippen molar-refractivity contribution in [3.8, 4) is 0 Å². The van der Waals surface area contributed by atoms with Crippen molar-refractivity contribution in [1.82, 2.24) is 14.9 Å². The van der Waals surface area contributed by atoms with Crippen LogP contribution in [-0.4, -0.2) is 61.2 Å². The summed E-state index contributed by atoms with van der Waals surface area (Å²) in [6, 6.07) is 0.481. The number of anilines is 1. The van der Waals surface area contributed by atoms with E-state index in [4.69, 9.17) is 0 Å². The van der Waals surface area contributed by atoms with Crippen LogP contribution < -0.4 is 4.90 Å². The average Bonchev–Trinajstić information content (AvgIpc) is 2.46. The smallest absolute Gasteiger partial charge is 0.358 e. The lowest BCUT2D eigenvalue weighted by atomic mass is 10.0. The molecule has 1 fully saturated rings. The molecule has 1 saturated heterocycles. The lowest BCUT2D eigenvalue weighted by molar-refractivity contribution is 0.0593. The Balaban J connectivity index is 2.03. The van der Waals surface area contributed by atoms with Crippen LogP contribution in [0.4, 0.5) is 5.82 Å². The number of nitrogens with zero attached hydrogens (tertiary/aromatic N) is 4. The molecule has 0 unspecified atom stereocenters. The highest BCUT2D eigenvalue weighted by Gasteiger charge is 2.21. The number of ether oxygens (including phenoxy) is 1. The fraction of sp³-hybridized carbons (Fsp3) is 0.615. The van der Waals surface area contributed by atoms with Crippen molar-refractivity contribution >= 4 is 11.8 Å². The third-order valence-corrected chi connectivity index (χ3v) is 3.63. The summed E-state index contributed by atoms with van der Waals surface area (Å²) in [5.74, 6) is 0.336. The van der Waals surface area contributed by atoms with Gasteiger partial charge in [0, 0.05) is 13.1 Å². The van der Waals surface area contributed by atoms with E-state index in [1.54, 1.807) is 6.20 Å². The molecule has 0 aliphatic carbocycles. The second kappa shape index (κ2) is 5.97. The summed E-state index contributed by atoms with van der Waals surface area (Å²) in [6.07, 6.45) is 5.33. The van der Waals surface area contributed by atoms with E-state index in [1.807, 2.05) is 7.05 Å². The Morgan fingerprint density at radius 1 is 1.37 bits per heavy atom. The first kappa shape index (κ1) is 13.7. The first-order valence-corrected chi connectivity index (χ1v) is 6.43. The van der Waals surface area contributed by atoms with Crippen LogP contribution in [0, 0.1) is 0 Å². The zero-order valence-corrected chi connectivity index (χ0v) is 11.7. The van der Waals surface area contributed by atoms with Gasteiger partial charge in [0.2, 0.25) is 0 Å². The monoisotopic (exact) mass is 264 g/mol. The summed E-state index contributed by atoms with van der Waals surface area (Å²) in [5, 5.41) is 0. The van der Waals surface area contributed by atoms with Gasteiger partial charge < -0.3 is 14.5 Å². The van der Waals surface area contributed by atoms with E-state index in [0.29, 0.717) is 6.04 Å². The Kier molecular flexibility index (Phi) is 4.31. The summed E-state index contributed by atoms with van der Waals surface area (Å²) in [7, 11) is 5.50. The van der Waals surface area contributed by atoms with Crippen LogP contribution in [0.15, 0.2) is 12.4 Å². The molecule has 0 radical (unpaired) electrons. The molecule has 1 aliphatic rings. The normalized spacial score (nSPS) is 17.2. The molecule has 0 saturated carbocycles. The summed E-state index contributed by atoms with van der Waals surface area (Å²) in [5.41, 5.74) is 0.239. The van der Waals surface area contributed by atoms with Crippen molar-refractivity contribution in [1.29, 1.82) is 0 Å². The molecule has 6 nitrogen and oxygen atoms in total. The molecule has 2 rings (SSSR count). The van der Waals surface area contributed by atoms with Crippen molar-refractivity contribution in [3.05, 3.63) is 18.1 Å². The summed E-state index contributed by atoms with van der Waals surface area (Å²) < 4.78 is 4.60. The quantitative estimate of drug-likeness (QED) is 0.752. The number of rotatable bonds is 3. The molecular formula is C13H20N4O2. The molecule has 1 aromatic rings. The molecule has 0 spiro atoms. The lowest BCUT2D eigenvalue weighted by Crippen LogP contribution is -2.42. The molecule has 1 aliphatic heterocycles. The van der Waals surface area contributed by atoms with E-state index in [1.165, 1.54) is 13.3 Å². The number of esters is 1. The third-order valence-electron chi connectivity index (χ3n) is 3.63. The van der Waals surface area contributed by atoms with Crippen LogP contribution in [0.5, 0.6) is 0 Å². The highest BCUT2D eigenvalue weighted by Crippen LogP contribution is 2.19. The zero-order chi connectivity index (χ0) is 13.8. The molecule has 0 bridgehead atoms. The van der Waals surface area contributed by atoms with Crippen LogP contribution in [0.1, 0.15) is 23.3 Å². The minimum atomic E-state index is -0.457. The number of likely N-dealkylation sites (tertiary alicyclic amines) is 1. The molecule has 2 heterocycles. The van der Waals surface area contributed by atoms with E-state index < -0.39 is 5.97 Å². The summed E-state index contributed by atoms with van der Waals surface area (Å²) in [6.45, 7) is 2.20. The maximum atomic E-state index is 11.3. The predicted octanol–water partition coefficient (Wildman–Crippen LogP) is 0.794. The van der Waals surface area contributed by atoms with Crippen molar-refractivity contribution in [2.75, 3.05) is 39.2 Å². The van der Waals surface area contributed by atoms with Gasteiger partial charge in [-0.25, -0.2) is 14.8 Å². The molecule has 0 N–H and O–H groups in total. The van der Waals surface area contributed by atoms with Crippen LogP contribution in [0.25, 0.3) is 0 Å². The van der Waals surface area contributed by atoms with Crippen LogP contribution in [0.3, 0.4) is 0 Å². The lowest BCUT2D eigenvalue weighted by Gasteiger charge is -2.35. The van der Waals surface area contributed by atoms with E-state index in [2.05, 4.69) is 31.6 Å². The Morgan fingerprint density at radius 2 is 2.05 bits per heavy atom. The van der Waals surface area contributed by atoms with Gasteiger partial charge in [-0.2, -0.15) is 0 Å². The molecule has 104 valence electrons. The van der Waals surface area contributed by atoms with E-state index >= 15 is 0 Å². The van der Waals surface area contributed by atoms with Gasteiger partial charge in [-0.15, -0.1) is 0 Å². The fourth-order valence-corrected chi connectivity index (χ4v) is 2.28. The van der Waals surface area contributed by atoms with Crippen molar-refractivity contribution in [2.24, 2.45) is 0 Å². The minimum absolute atomic E-state index is 0.239. The largest absolute Gasteiger partial charge is 0.464 e. The first-order chi connectivity index (χ1) is 9.11. The fourth-order valence-electron chi connectivity index (χ4n) is 2.28. The Morgan fingerprint density at radius 3 is 2.58 bits per heavy atom. The number of carbonyl (C=O) groups is 1. The Hall–Kier alpha value is -1.69. The van der Waals surface area contributed by atoms with E-state index in [9.17, 15) is 4.79 Å². The summed E-state index contributed by atoms with van der Waals surface area (Å²) >= 11 is 0. The Labute approximate surface area is 113 Å². The van der Waals surface area contributed by atoms with E-state index in [0.717, 1.165) is 31.7 Å².